The van der Waals surface area contributed by atoms with Crippen LogP contribution in [0.3, 0.4) is 0 Å². The molecule has 0 fully saturated rings. The van der Waals surface area contributed by atoms with Gasteiger partial charge in [-0.25, -0.2) is 0 Å². The van der Waals surface area contributed by atoms with Gasteiger partial charge in [-0.1, -0.05) is 30.3 Å². The Labute approximate surface area is 120 Å². The smallest absolute Gasteiger partial charge is 0.0884 e. The first-order valence-electron chi connectivity index (χ1n) is 7.07. The quantitative estimate of drug-likeness (QED) is 0.751. The van der Waals surface area contributed by atoms with E-state index in [9.17, 15) is 0 Å². The normalized spacial score (nSPS) is 10.9. The van der Waals surface area contributed by atoms with E-state index in [0.29, 0.717) is 6.61 Å². The Morgan fingerprint density at radius 3 is 2.75 bits per heavy atom. The molecule has 0 saturated heterocycles. The maximum absolute atomic E-state index is 5.67. The first-order chi connectivity index (χ1) is 9.75. The lowest BCUT2D eigenvalue weighted by Crippen LogP contribution is -2.16. The fourth-order valence-corrected chi connectivity index (χ4v) is 2.10. The number of nitrogens with one attached hydrogen (secondary N) is 1. The summed E-state index contributed by atoms with van der Waals surface area (Å²) < 4.78 is 7.54. The number of aryl methyl sites for hydroxylation is 2. The molecule has 0 spiro atoms. The molecule has 1 N–H and O–H groups in total. The van der Waals surface area contributed by atoms with Crippen LogP contribution in [-0.4, -0.2) is 22.9 Å². The maximum Gasteiger partial charge on any atom is 0.0884 e. The van der Waals surface area contributed by atoms with E-state index in [-0.39, 0.29) is 0 Å². The van der Waals surface area contributed by atoms with Crippen LogP contribution in [0.25, 0.3) is 0 Å². The Morgan fingerprint density at radius 2 is 2.05 bits per heavy atom. The summed E-state index contributed by atoms with van der Waals surface area (Å²) in [5.41, 5.74) is 3.48. The summed E-state index contributed by atoms with van der Waals surface area (Å²) in [6.07, 6.45) is 1.02. The zero-order valence-electron chi connectivity index (χ0n) is 12.3. The molecule has 108 valence electrons. The van der Waals surface area contributed by atoms with Crippen LogP contribution in [0, 0.1) is 6.92 Å². The molecule has 0 saturated carbocycles. The molecule has 4 heteroatoms. The van der Waals surface area contributed by atoms with E-state index >= 15 is 0 Å². The molecule has 1 heterocycles. The molecule has 0 unspecified atom stereocenters. The summed E-state index contributed by atoms with van der Waals surface area (Å²) in [5.74, 6) is 0. The third-order valence-corrected chi connectivity index (χ3v) is 3.16. The van der Waals surface area contributed by atoms with Crippen molar-refractivity contribution in [1.82, 2.24) is 15.1 Å². The molecule has 0 aliphatic rings. The highest BCUT2D eigenvalue weighted by Crippen LogP contribution is 2.03. The second-order valence-corrected chi connectivity index (χ2v) is 4.97. The van der Waals surface area contributed by atoms with Crippen molar-refractivity contribution in [3.05, 3.63) is 53.3 Å². The molecular formula is C16H23N3O. The largest absolute Gasteiger partial charge is 0.375 e. The molecule has 2 aromatic rings. The molecule has 0 radical (unpaired) electrons. The van der Waals surface area contributed by atoms with Crippen molar-refractivity contribution in [1.29, 1.82) is 0 Å². The standard InChI is InChI=1S/C16H23N3O/c1-14-11-16(19(2)18-14)13-20-10-6-9-17-12-15-7-4-3-5-8-15/h3-5,7-8,11,17H,6,9-10,12-13H2,1-2H3. The molecule has 1 aromatic carbocycles. The first-order valence-corrected chi connectivity index (χ1v) is 7.07. The summed E-state index contributed by atoms with van der Waals surface area (Å²) in [6, 6.07) is 12.5. The predicted octanol–water partition coefficient (Wildman–Crippen LogP) is 2.43. The van der Waals surface area contributed by atoms with Gasteiger partial charge in [-0.2, -0.15) is 5.10 Å². The molecule has 0 bridgehead atoms. The Kier molecular flexibility index (Phi) is 5.77. The molecule has 2 rings (SSSR count). The summed E-state index contributed by atoms with van der Waals surface area (Å²) in [6.45, 7) is 5.29. The number of hydrogen-bond acceptors (Lipinski definition) is 3. The average Bonchev–Trinajstić information content (AvgIpc) is 2.77. The van der Waals surface area contributed by atoms with Crippen LogP contribution in [0.4, 0.5) is 0 Å². The van der Waals surface area contributed by atoms with Gasteiger partial charge in [0.25, 0.3) is 0 Å². The third kappa shape index (κ3) is 4.79. The number of rotatable bonds is 8. The summed E-state index contributed by atoms with van der Waals surface area (Å²) in [7, 11) is 1.95. The molecular weight excluding hydrogens is 250 g/mol. The van der Waals surface area contributed by atoms with E-state index in [1.807, 2.05) is 24.7 Å². The number of benzene rings is 1. The van der Waals surface area contributed by atoms with Gasteiger partial charge in [-0.05, 0) is 31.5 Å². The fraction of sp³-hybridized carbons (Fsp3) is 0.438. The van der Waals surface area contributed by atoms with E-state index in [1.165, 1.54) is 5.56 Å². The summed E-state index contributed by atoms with van der Waals surface area (Å²) in [4.78, 5) is 0. The minimum Gasteiger partial charge on any atom is -0.375 e. The van der Waals surface area contributed by atoms with Gasteiger partial charge in [0.05, 0.1) is 18.0 Å². The average molecular weight is 273 g/mol. The van der Waals surface area contributed by atoms with Gasteiger partial charge in [0, 0.05) is 20.2 Å². The zero-order chi connectivity index (χ0) is 14.2. The lowest BCUT2D eigenvalue weighted by Gasteiger charge is -2.06. The molecule has 4 nitrogen and oxygen atoms in total. The Bertz CT molecular complexity index is 508. The number of hydrogen-bond donors (Lipinski definition) is 1. The Hall–Kier alpha value is -1.65. The molecule has 20 heavy (non-hydrogen) atoms. The topological polar surface area (TPSA) is 39.1 Å². The SMILES string of the molecule is Cc1cc(COCCCNCc2ccccc2)n(C)n1. The summed E-state index contributed by atoms with van der Waals surface area (Å²) >= 11 is 0. The summed E-state index contributed by atoms with van der Waals surface area (Å²) in [5, 5.41) is 7.72. The number of aromatic nitrogens is 2. The zero-order valence-corrected chi connectivity index (χ0v) is 12.3. The number of ether oxygens (including phenoxy) is 1. The van der Waals surface area contributed by atoms with E-state index in [4.69, 9.17) is 4.74 Å². The van der Waals surface area contributed by atoms with Crippen molar-refractivity contribution in [2.75, 3.05) is 13.2 Å². The second-order valence-electron chi connectivity index (χ2n) is 4.97. The van der Waals surface area contributed by atoms with Gasteiger partial charge in [-0.15, -0.1) is 0 Å². The van der Waals surface area contributed by atoms with Crippen LogP contribution in [-0.2, 0) is 24.9 Å². The highest BCUT2D eigenvalue weighted by Gasteiger charge is 2.01. The van der Waals surface area contributed by atoms with Crippen molar-refractivity contribution in [2.45, 2.75) is 26.5 Å². The van der Waals surface area contributed by atoms with Crippen molar-refractivity contribution in [3.8, 4) is 0 Å². The lowest BCUT2D eigenvalue weighted by atomic mass is 10.2. The van der Waals surface area contributed by atoms with Gasteiger partial charge in [-0.3, -0.25) is 4.68 Å². The van der Waals surface area contributed by atoms with E-state index in [2.05, 4.69) is 40.7 Å². The predicted molar refractivity (Wildman–Crippen MR) is 80.4 cm³/mol. The van der Waals surface area contributed by atoms with Crippen molar-refractivity contribution >= 4 is 0 Å². The van der Waals surface area contributed by atoms with Gasteiger partial charge in [0.1, 0.15) is 0 Å². The fourth-order valence-electron chi connectivity index (χ4n) is 2.10. The highest BCUT2D eigenvalue weighted by atomic mass is 16.5. The van der Waals surface area contributed by atoms with E-state index in [0.717, 1.165) is 37.5 Å². The third-order valence-electron chi connectivity index (χ3n) is 3.16. The van der Waals surface area contributed by atoms with Crippen LogP contribution in [0.5, 0.6) is 0 Å². The van der Waals surface area contributed by atoms with E-state index < -0.39 is 0 Å². The Balaban J connectivity index is 1.53. The van der Waals surface area contributed by atoms with Crippen LogP contribution < -0.4 is 5.32 Å². The van der Waals surface area contributed by atoms with Gasteiger partial charge in [0.15, 0.2) is 0 Å². The van der Waals surface area contributed by atoms with Crippen LogP contribution in [0.2, 0.25) is 0 Å². The maximum atomic E-state index is 5.67. The monoisotopic (exact) mass is 273 g/mol. The van der Waals surface area contributed by atoms with Crippen LogP contribution >= 0.6 is 0 Å². The lowest BCUT2D eigenvalue weighted by molar-refractivity contribution is 0.113. The molecule has 0 aliphatic carbocycles. The van der Waals surface area contributed by atoms with Crippen molar-refractivity contribution in [2.24, 2.45) is 7.05 Å². The van der Waals surface area contributed by atoms with Crippen molar-refractivity contribution in [3.63, 3.8) is 0 Å². The van der Waals surface area contributed by atoms with Crippen molar-refractivity contribution < 1.29 is 4.74 Å². The van der Waals surface area contributed by atoms with Crippen LogP contribution in [0.1, 0.15) is 23.4 Å². The minimum absolute atomic E-state index is 0.635. The van der Waals surface area contributed by atoms with Gasteiger partial charge in [0.2, 0.25) is 0 Å². The molecule has 0 amide bonds. The minimum atomic E-state index is 0.635. The second kappa shape index (κ2) is 7.82. The molecule has 0 aliphatic heterocycles. The molecule has 1 aromatic heterocycles. The number of nitrogens with zero attached hydrogens (tertiary/aromatic N) is 2. The molecule has 0 atom stereocenters. The Morgan fingerprint density at radius 1 is 1.25 bits per heavy atom. The van der Waals surface area contributed by atoms with E-state index in [1.54, 1.807) is 0 Å². The first kappa shape index (κ1) is 14.8. The van der Waals surface area contributed by atoms with Gasteiger partial charge < -0.3 is 10.1 Å². The van der Waals surface area contributed by atoms with Gasteiger partial charge >= 0.3 is 0 Å². The van der Waals surface area contributed by atoms with Crippen LogP contribution in [0.15, 0.2) is 36.4 Å². The highest BCUT2D eigenvalue weighted by molar-refractivity contribution is 5.14.